The summed E-state index contributed by atoms with van der Waals surface area (Å²) in [5.41, 5.74) is 11.1. The van der Waals surface area contributed by atoms with E-state index in [1.165, 1.54) is 66.0 Å². The summed E-state index contributed by atoms with van der Waals surface area (Å²) in [5, 5.41) is 2.66. The van der Waals surface area contributed by atoms with Crippen molar-refractivity contribution in [1.29, 1.82) is 0 Å². The molecule has 0 fully saturated rings. The lowest BCUT2D eigenvalue weighted by molar-refractivity contribution is 0.664. The lowest BCUT2D eigenvalue weighted by Gasteiger charge is -2.28. The van der Waals surface area contributed by atoms with Crippen molar-refractivity contribution in [2.24, 2.45) is 7.05 Å². The Balaban J connectivity index is 1.57. The number of nitrogens with zero attached hydrogens (tertiary/aromatic N) is 1. The van der Waals surface area contributed by atoms with Gasteiger partial charge >= 0.3 is 0 Å². The number of para-hydroxylation sites is 2. The summed E-state index contributed by atoms with van der Waals surface area (Å²) in [5.74, 6) is 0.632. The van der Waals surface area contributed by atoms with E-state index in [2.05, 4.69) is 119 Å². The van der Waals surface area contributed by atoms with Crippen LogP contribution in [-0.4, -0.2) is 8.99 Å². The van der Waals surface area contributed by atoms with Crippen molar-refractivity contribution in [1.82, 2.24) is 4.57 Å². The van der Waals surface area contributed by atoms with Crippen LogP contribution in [0.5, 0.6) is 0 Å². The van der Waals surface area contributed by atoms with Crippen LogP contribution in [0.1, 0.15) is 23.5 Å². The second-order valence-corrected chi connectivity index (χ2v) is 9.69. The maximum absolute atomic E-state index is 2.52. The van der Waals surface area contributed by atoms with Gasteiger partial charge in [-0.25, -0.2) is 0 Å². The molecule has 1 aromatic heterocycles. The molecule has 152 valence electrons. The second-order valence-electron chi connectivity index (χ2n) is 8.62. The number of halogens is 1. The first-order chi connectivity index (χ1) is 15.3. The highest BCUT2D eigenvalue weighted by molar-refractivity contribution is 14.1. The lowest BCUT2D eigenvalue weighted by atomic mass is 9.77. The minimum absolute atomic E-state index is 0.632. The van der Waals surface area contributed by atoms with Crippen molar-refractivity contribution in [2.75, 3.05) is 4.43 Å². The molecule has 1 unspecified atom stereocenters. The SMILES string of the molecule is Cn1c2ccccc2c2cccc(-c3ccc4c(c3)-c3ccccc3C(CCI)C4)c21. The Kier molecular flexibility index (Phi) is 4.64. The zero-order valence-corrected chi connectivity index (χ0v) is 19.8. The molecule has 0 radical (unpaired) electrons. The van der Waals surface area contributed by atoms with Gasteiger partial charge in [0.25, 0.3) is 0 Å². The number of aromatic nitrogens is 1. The topological polar surface area (TPSA) is 4.93 Å². The quantitative estimate of drug-likeness (QED) is 0.170. The molecule has 1 nitrogen and oxygen atoms in total. The Labute approximate surface area is 196 Å². The fourth-order valence-electron chi connectivity index (χ4n) is 5.51. The van der Waals surface area contributed by atoms with Crippen LogP contribution in [0.25, 0.3) is 44.1 Å². The minimum atomic E-state index is 0.632. The van der Waals surface area contributed by atoms with E-state index in [0.29, 0.717) is 5.92 Å². The average molecular weight is 513 g/mol. The number of fused-ring (bicyclic) bond motifs is 6. The third kappa shape index (κ3) is 2.95. The number of benzene rings is 4. The van der Waals surface area contributed by atoms with E-state index in [1.54, 1.807) is 0 Å². The van der Waals surface area contributed by atoms with E-state index in [9.17, 15) is 0 Å². The minimum Gasteiger partial charge on any atom is -0.343 e. The van der Waals surface area contributed by atoms with E-state index in [-0.39, 0.29) is 0 Å². The van der Waals surface area contributed by atoms with Gasteiger partial charge in [-0.3, -0.25) is 0 Å². The van der Waals surface area contributed by atoms with Gasteiger partial charge in [-0.2, -0.15) is 0 Å². The zero-order chi connectivity index (χ0) is 20.9. The molecule has 4 aromatic carbocycles. The highest BCUT2D eigenvalue weighted by Crippen LogP contribution is 2.44. The highest BCUT2D eigenvalue weighted by Gasteiger charge is 2.24. The summed E-state index contributed by atoms with van der Waals surface area (Å²) in [6, 6.07) is 31.6. The van der Waals surface area contributed by atoms with Gasteiger partial charge in [0.2, 0.25) is 0 Å². The molecule has 1 aliphatic carbocycles. The zero-order valence-electron chi connectivity index (χ0n) is 17.6. The fourth-order valence-corrected chi connectivity index (χ4v) is 6.26. The molecule has 0 aliphatic heterocycles. The molecule has 0 N–H and O–H groups in total. The molecule has 6 rings (SSSR count). The lowest BCUT2D eigenvalue weighted by Crippen LogP contribution is -2.12. The van der Waals surface area contributed by atoms with E-state index < -0.39 is 0 Å². The summed E-state index contributed by atoms with van der Waals surface area (Å²) in [6.07, 6.45) is 2.39. The predicted molar refractivity (Wildman–Crippen MR) is 141 cm³/mol. The van der Waals surface area contributed by atoms with Gasteiger partial charge in [0.05, 0.1) is 5.52 Å². The van der Waals surface area contributed by atoms with Crippen LogP contribution in [-0.2, 0) is 13.5 Å². The van der Waals surface area contributed by atoms with Gasteiger partial charge in [-0.15, -0.1) is 0 Å². The second kappa shape index (κ2) is 7.52. The molecule has 0 saturated heterocycles. The van der Waals surface area contributed by atoms with Gasteiger partial charge in [0, 0.05) is 33.3 Å². The van der Waals surface area contributed by atoms with Gasteiger partial charge in [-0.1, -0.05) is 95.4 Å². The summed E-state index contributed by atoms with van der Waals surface area (Å²) in [7, 11) is 2.19. The molecule has 31 heavy (non-hydrogen) atoms. The van der Waals surface area contributed by atoms with Crippen LogP contribution in [0.15, 0.2) is 84.9 Å². The summed E-state index contributed by atoms with van der Waals surface area (Å²) < 4.78 is 3.55. The van der Waals surface area contributed by atoms with E-state index in [1.807, 2.05) is 0 Å². The summed E-state index contributed by atoms with van der Waals surface area (Å²) in [6.45, 7) is 0. The Hall–Kier alpha value is -2.59. The summed E-state index contributed by atoms with van der Waals surface area (Å²) >= 11 is 2.52. The van der Waals surface area contributed by atoms with Gasteiger partial charge in [0.15, 0.2) is 0 Å². The smallest absolute Gasteiger partial charge is 0.0568 e. The standard InChI is InChI=1S/C29H24IN/c1-31-28-12-5-4-9-25(28)26-11-6-10-23(29(26)31)20-14-13-19-17-21(15-16-30)22-7-2-3-8-24(22)27(19)18-20/h2-14,18,21H,15-17H2,1H3. The van der Waals surface area contributed by atoms with Crippen LogP contribution >= 0.6 is 22.6 Å². The summed E-state index contributed by atoms with van der Waals surface area (Å²) in [4.78, 5) is 0. The molecule has 2 heteroatoms. The molecule has 0 bridgehead atoms. The molecule has 0 spiro atoms. The largest absolute Gasteiger partial charge is 0.343 e. The van der Waals surface area contributed by atoms with Crippen molar-refractivity contribution in [3.05, 3.63) is 96.1 Å². The van der Waals surface area contributed by atoms with Gasteiger partial charge in [0.1, 0.15) is 0 Å². The Bertz CT molecular complexity index is 1440. The highest BCUT2D eigenvalue weighted by atomic mass is 127. The Morgan fingerprint density at radius 3 is 2.48 bits per heavy atom. The normalized spacial score (nSPS) is 15.2. The molecular formula is C29H24IN. The fraction of sp³-hybridized carbons (Fsp3) is 0.172. The Morgan fingerprint density at radius 2 is 1.58 bits per heavy atom. The number of alkyl halides is 1. The number of rotatable bonds is 3. The molecule has 1 aliphatic rings. The van der Waals surface area contributed by atoms with E-state index in [4.69, 9.17) is 0 Å². The maximum Gasteiger partial charge on any atom is 0.0568 e. The number of aryl methyl sites for hydroxylation is 1. The first kappa shape index (κ1) is 19.1. The van der Waals surface area contributed by atoms with Crippen LogP contribution in [0.2, 0.25) is 0 Å². The Morgan fingerprint density at radius 1 is 0.806 bits per heavy atom. The van der Waals surface area contributed by atoms with Crippen molar-refractivity contribution in [2.45, 2.75) is 18.8 Å². The van der Waals surface area contributed by atoms with Crippen LogP contribution in [0.3, 0.4) is 0 Å². The number of hydrogen-bond acceptors (Lipinski definition) is 0. The number of hydrogen-bond donors (Lipinski definition) is 0. The first-order valence-corrected chi connectivity index (χ1v) is 12.5. The van der Waals surface area contributed by atoms with Crippen molar-refractivity contribution in [3.8, 4) is 22.3 Å². The van der Waals surface area contributed by atoms with Crippen LogP contribution in [0.4, 0.5) is 0 Å². The van der Waals surface area contributed by atoms with Gasteiger partial charge in [-0.05, 0) is 58.7 Å². The van der Waals surface area contributed by atoms with Crippen LogP contribution in [0, 0.1) is 0 Å². The first-order valence-electron chi connectivity index (χ1n) is 11.0. The maximum atomic E-state index is 2.52. The van der Waals surface area contributed by atoms with Gasteiger partial charge < -0.3 is 4.57 Å². The van der Waals surface area contributed by atoms with E-state index in [0.717, 1.165) is 6.42 Å². The van der Waals surface area contributed by atoms with Crippen molar-refractivity contribution in [3.63, 3.8) is 0 Å². The predicted octanol–water partition coefficient (Wildman–Crippen LogP) is 8.13. The monoisotopic (exact) mass is 513 g/mol. The van der Waals surface area contributed by atoms with Crippen molar-refractivity contribution >= 4 is 44.4 Å². The average Bonchev–Trinajstić information content (AvgIpc) is 3.12. The molecule has 1 atom stereocenters. The molecule has 0 amide bonds. The third-order valence-corrected chi connectivity index (χ3v) is 7.59. The molecule has 5 aromatic rings. The molecule has 1 heterocycles. The van der Waals surface area contributed by atoms with E-state index >= 15 is 0 Å². The molecular weight excluding hydrogens is 489 g/mol. The van der Waals surface area contributed by atoms with Crippen molar-refractivity contribution < 1.29 is 0 Å². The third-order valence-electron chi connectivity index (χ3n) is 6.96. The van der Waals surface area contributed by atoms with Crippen LogP contribution < -0.4 is 0 Å². The molecule has 0 saturated carbocycles.